The second-order valence-corrected chi connectivity index (χ2v) is 20.2. The Hall–Kier alpha value is -5.98. The molecule has 2 aromatic carbocycles. The number of carbonyl (C=O) groups excluding carboxylic acids is 5. The highest BCUT2D eigenvalue weighted by molar-refractivity contribution is 5.99. The van der Waals surface area contributed by atoms with Crippen LogP contribution in [0.4, 0.5) is 17.6 Å². The number of benzene rings is 2. The van der Waals surface area contributed by atoms with Crippen LogP contribution in [-0.4, -0.2) is 119 Å². The Morgan fingerprint density at radius 2 is 1.84 bits per heavy atom. The lowest BCUT2D eigenvalue weighted by Crippen LogP contribution is -2.61. The Balaban J connectivity index is 1.27. The highest BCUT2D eigenvalue weighted by Crippen LogP contribution is 2.57. The number of cyclic esters (lactones) is 1. The molecule has 1 aliphatic carbocycles. The molecule has 3 amide bonds. The number of nitrogens with one attached hydrogen (secondary N) is 1. The van der Waals surface area contributed by atoms with Gasteiger partial charge < -0.3 is 29.6 Å². The number of hydrogen-bond acceptors (Lipinski definition) is 10. The van der Waals surface area contributed by atoms with Crippen LogP contribution >= 0.6 is 0 Å². The Morgan fingerprint density at radius 1 is 1.09 bits per heavy atom. The summed E-state index contributed by atoms with van der Waals surface area (Å²) in [7, 11) is 3.02. The van der Waals surface area contributed by atoms with Gasteiger partial charge in [-0.15, -0.1) is 0 Å². The summed E-state index contributed by atoms with van der Waals surface area (Å²) in [6.07, 6.45) is -1.78. The molecule has 0 spiro atoms. The summed E-state index contributed by atoms with van der Waals surface area (Å²) in [4.78, 5) is 77.9. The zero-order valence-electron chi connectivity index (χ0n) is 40.4. The third-order valence-corrected chi connectivity index (χ3v) is 14.6. The molecule has 0 radical (unpaired) electrons. The van der Waals surface area contributed by atoms with E-state index in [4.69, 9.17) is 15.2 Å². The fourth-order valence-electron chi connectivity index (χ4n) is 11.3. The van der Waals surface area contributed by atoms with Crippen LogP contribution in [0.1, 0.15) is 81.4 Å². The van der Waals surface area contributed by atoms with E-state index in [-0.39, 0.29) is 49.0 Å². The van der Waals surface area contributed by atoms with Gasteiger partial charge in [0.25, 0.3) is 0 Å². The molecule has 7 atom stereocenters. The third kappa shape index (κ3) is 9.49. The number of rotatable bonds is 10. The Bertz CT molecular complexity index is 2720. The molecule has 2 aromatic heterocycles. The number of hydrogen-bond donors (Lipinski definition) is 2. The van der Waals surface area contributed by atoms with E-state index in [1.807, 2.05) is 13.8 Å². The Morgan fingerprint density at radius 3 is 2.53 bits per heavy atom. The quantitative estimate of drug-likeness (QED) is 0.0976. The number of ketones is 1. The summed E-state index contributed by atoms with van der Waals surface area (Å²) >= 11 is 0. The number of nitrogens with two attached hydrogens (primary N) is 1. The van der Waals surface area contributed by atoms with E-state index in [1.165, 1.54) is 39.6 Å². The molecule has 8 rings (SSSR count). The first-order valence-corrected chi connectivity index (χ1v) is 23.8. The number of carbonyl (C=O) groups is 5. The van der Waals surface area contributed by atoms with Gasteiger partial charge in [0.2, 0.25) is 17.7 Å². The molecule has 14 nitrogen and oxygen atoms in total. The van der Waals surface area contributed by atoms with Crippen molar-refractivity contribution in [3.8, 4) is 22.4 Å². The van der Waals surface area contributed by atoms with Crippen molar-refractivity contribution in [2.45, 2.75) is 103 Å². The van der Waals surface area contributed by atoms with E-state index in [0.29, 0.717) is 70.4 Å². The zero-order valence-corrected chi connectivity index (χ0v) is 40.4. The highest BCUT2D eigenvalue weighted by atomic mass is 19.4. The predicted octanol–water partition coefficient (Wildman–Crippen LogP) is 6.84. The number of halogens is 4. The summed E-state index contributed by atoms with van der Waals surface area (Å²) < 4.78 is 72.6. The normalized spacial score (nSPS) is 23.3. The second kappa shape index (κ2) is 19.7. The largest absolute Gasteiger partial charge is 0.464 e. The third-order valence-electron chi connectivity index (χ3n) is 14.6. The van der Waals surface area contributed by atoms with Gasteiger partial charge in [0.15, 0.2) is 5.78 Å². The van der Waals surface area contributed by atoms with Crippen LogP contribution in [0.25, 0.3) is 33.3 Å². The molecule has 374 valence electrons. The van der Waals surface area contributed by atoms with Crippen molar-refractivity contribution in [2.24, 2.45) is 28.9 Å². The van der Waals surface area contributed by atoms with Crippen LogP contribution in [0.2, 0.25) is 0 Å². The number of aromatic nitrogens is 2. The van der Waals surface area contributed by atoms with Gasteiger partial charge in [-0.3, -0.25) is 34.0 Å². The van der Waals surface area contributed by atoms with Crippen molar-refractivity contribution in [3.05, 3.63) is 89.8 Å². The first-order chi connectivity index (χ1) is 33.2. The number of pyridine rings is 1. The fraction of sp³-hybridized carbons (Fsp3) is 0.500. The zero-order chi connectivity index (χ0) is 50.6. The number of Topliss-reactive ketones (excluding diaryl/α,β-unsaturated/α-hetero) is 1. The van der Waals surface area contributed by atoms with Crippen LogP contribution in [0.15, 0.2) is 67.4 Å². The Kier molecular flexibility index (Phi) is 14.2. The maximum atomic E-state index is 15.0. The monoisotopic (exact) mass is 971 g/mol. The molecular weight excluding hydrogens is 911 g/mol. The summed E-state index contributed by atoms with van der Waals surface area (Å²) in [5.74, 6) is -5.55. The Labute approximate surface area is 404 Å². The maximum Gasteiger partial charge on any atom is 0.406 e. The molecule has 2 saturated heterocycles. The summed E-state index contributed by atoms with van der Waals surface area (Å²) in [5, 5.41) is 1.76. The predicted molar refractivity (Wildman–Crippen MR) is 253 cm³/mol. The number of alkyl halides is 4. The van der Waals surface area contributed by atoms with Gasteiger partial charge in [-0.1, -0.05) is 52.5 Å². The van der Waals surface area contributed by atoms with Gasteiger partial charge in [-0.2, -0.15) is 13.2 Å². The number of hydrazine groups is 1. The molecule has 70 heavy (non-hydrogen) atoms. The number of nitrogens with zero attached hydrogens (tertiary/aromatic N) is 5. The molecular formula is C52H61F4N7O7. The van der Waals surface area contributed by atoms with Crippen molar-refractivity contribution >= 4 is 40.4 Å². The van der Waals surface area contributed by atoms with Crippen molar-refractivity contribution in [1.29, 1.82) is 0 Å². The van der Waals surface area contributed by atoms with E-state index in [0.717, 1.165) is 0 Å². The van der Waals surface area contributed by atoms with Crippen LogP contribution in [0.5, 0.6) is 0 Å². The number of likely N-dealkylation sites (tertiary alicyclic amines) is 1. The lowest BCUT2D eigenvalue weighted by Gasteiger charge is -2.42. The lowest BCUT2D eigenvalue weighted by atomic mass is 9.67. The molecule has 6 bridgehead atoms. The molecule has 3 N–H and O–H groups in total. The molecule has 4 aromatic rings. The van der Waals surface area contributed by atoms with E-state index in [9.17, 15) is 37.1 Å². The highest BCUT2D eigenvalue weighted by Gasteiger charge is 2.49. The van der Waals surface area contributed by atoms with Crippen LogP contribution in [-0.2, 0) is 53.1 Å². The van der Waals surface area contributed by atoms with Crippen molar-refractivity contribution in [1.82, 2.24) is 29.8 Å². The minimum absolute atomic E-state index is 0.152. The minimum Gasteiger partial charge on any atom is -0.464 e. The molecule has 2 fully saturated rings. The lowest BCUT2D eigenvalue weighted by molar-refractivity contribution is -0.157. The maximum absolute atomic E-state index is 15.0. The average Bonchev–Trinajstić information content (AvgIpc) is 3.96. The van der Waals surface area contributed by atoms with E-state index in [1.54, 1.807) is 68.6 Å². The second-order valence-electron chi connectivity index (χ2n) is 20.2. The van der Waals surface area contributed by atoms with Crippen LogP contribution < -0.4 is 11.2 Å². The van der Waals surface area contributed by atoms with Crippen LogP contribution in [0, 0.1) is 23.2 Å². The molecule has 3 unspecified atom stereocenters. The molecule has 3 aliphatic heterocycles. The first-order valence-electron chi connectivity index (χ1n) is 23.8. The van der Waals surface area contributed by atoms with E-state index in [2.05, 4.69) is 17.0 Å². The number of likely N-dealkylation sites (N-methyl/N-ethyl adjacent to an activating group) is 1. The van der Waals surface area contributed by atoms with Gasteiger partial charge in [0.1, 0.15) is 25.4 Å². The molecule has 0 saturated carbocycles. The van der Waals surface area contributed by atoms with E-state index < -0.39 is 90.4 Å². The number of amides is 3. The van der Waals surface area contributed by atoms with Gasteiger partial charge in [0, 0.05) is 67.8 Å². The van der Waals surface area contributed by atoms with Crippen molar-refractivity contribution in [3.63, 3.8) is 0 Å². The number of fused-ring (bicyclic) bond motifs is 8. The van der Waals surface area contributed by atoms with E-state index >= 15 is 4.39 Å². The summed E-state index contributed by atoms with van der Waals surface area (Å²) in [5.41, 5.74) is 12.8. The van der Waals surface area contributed by atoms with Gasteiger partial charge in [0.05, 0.1) is 41.9 Å². The minimum atomic E-state index is -4.63. The molecule has 18 heteroatoms. The van der Waals surface area contributed by atoms with Crippen molar-refractivity contribution < 1.29 is 51.0 Å². The smallest absolute Gasteiger partial charge is 0.406 e. The van der Waals surface area contributed by atoms with Gasteiger partial charge in [-0.05, 0) is 95.8 Å². The standard InChI is InChI=1S/C52H61F4N7O7/c1-8-39(64)61-18-15-32(25-61)48(66)60(6)44(28(2)3)46(65)42(57)36-22-29-19-30(24-53)21-33(20-29)31-13-14-38-35(23-31)40-41(51(4,5)27-70-50(68)37-12-10-17-63(59-37)49(36)67)47(69-7)43-34(11-9-16-58-43)45(40)62(38)26-52(54,55)56/h8-9,11,13-14,16,19-21,23,28,32,36-37,41-42,44,47,59H,1,10,12,15,17-18,22,24-27,57H2,2-7H3/t32?,36-,37+,41?,42?,44+,47+/m1/s1. The van der Waals surface area contributed by atoms with Crippen LogP contribution in [0.3, 0.4) is 0 Å². The average molecular weight is 972 g/mol. The number of methoxy groups -OCH3 is 1. The SMILES string of the molecule is C=CC(=O)N1CCC(C(=O)N(C)[C@H](C(=O)C(N)[C@H]2Cc3cc(CF)cc(c3)-c3ccc4c(c3)c3c(n4CC(F)(F)F)-c4cccnc4[C@@H](OC)C3C(C)(C)COC(=O)[C@@H]3CCCN(N3)C2=O)C(C)C)C1. The fourth-order valence-corrected chi connectivity index (χ4v) is 11.3. The summed E-state index contributed by atoms with van der Waals surface area (Å²) in [6.45, 7) is 9.03. The first kappa shape index (κ1) is 50.4. The topological polar surface area (TPSA) is 169 Å². The number of esters is 1. The molecule has 5 heterocycles. The molecule has 4 aliphatic rings. The number of ether oxygens (including phenoxy) is 2. The summed E-state index contributed by atoms with van der Waals surface area (Å²) in [6, 6.07) is 9.85. The van der Waals surface area contributed by atoms with Gasteiger partial charge >= 0.3 is 12.1 Å². The van der Waals surface area contributed by atoms with Crippen molar-refractivity contribution in [2.75, 3.05) is 40.4 Å². The van der Waals surface area contributed by atoms with Gasteiger partial charge in [-0.25, -0.2) is 9.82 Å².